The number of nitrogens with one attached hydrogen (secondary N) is 1. The van der Waals surface area contributed by atoms with Gasteiger partial charge >= 0.3 is 0 Å². The number of amides is 1. The first-order valence-electron chi connectivity index (χ1n) is 6.63. The minimum Gasteiger partial charge on any atom is -0.385 e. The van der Waals surface area contributed by atoms with Crippen LogP contribution in [-0.4, -0.2) is 31.2 Å². The van der Waals surface area contributed by atoms with E-state index in [0.29, 0.717) is 23.6 Å². The zero-order chi connectivity index (χ0) is 15.2. The highest BCUT2D eigenvalue weighted by Crippen LogP contribution is 2.31. The zero-order valence-corrected chi connectivity index (χ0v) is 12.8. The molecule has 0 aliphatic carbocycles. The standard InChI is InChI=1S/C15H17FN2O2S/c1-10-18-13(15(19)17-8-5-9-20-2)14(21-10)11-6-3-4-7-12(11)16/h3-4,6-7H,5,8-9H2,1-2H3,(H,17,19). The van der Waals surface area contributed by atoms with E-state index in [1.54, 1.807) is 32.2 Å². The number of carbonyl (C=O) groups excluding carboxylic acids is 1. The Morgan fingerprint density at radius 3 is 2.90 bits per heavy atom. The summed E-state index contributed by atoms with van der Waals surface area (Å²) in [6, 6.07) is 6.40. The van der Waals surface area contributed by atoms with Crippen LogP contribution in [0.3, 0.4) is 0 Å². The number of methoxy groups -OCH3 is 1. The van der Waals surface area contributed by atoms with E-state index in [1.165, 1.54) is 17.4 Å². The molecule has 0 aliphatic rings. The fraction of sp³-hybridized carbons (Fsp3) is 0.333. The van der Waals surface area contributed by atoms with Crippen molar-refractivity contribution in [3.63, 3.8) is 0 Å². The van der Waals surface area contributed by atoms with Gasteiger partial charge in [0.1, 0.15) is 11.5 Å². The summed E-state index contributed by atoms with van der Waals surface area (Å²) in [6.45, 7) is 2.88. The van der Waals surface area contributed by atoms with Gasteiger partial charge in [0, 0.05) is 25.8 Å². The van der Waals surface area contributed by atoms with Gasteiger partial charge in [0.25, 0.3) is 5.91 Å². The average Bonchev–Trinajstić information content (AvgIpc) is 2.86. The molecule has 1 aromatic carbocycles. The van der Waals surface area contributed by atoms with Crippen molar-refractivity contribution in [1.82, 2.24) is 10.3 Å². The molecule has 0 aliphatic heterocycles. The Bertz CT molecular complexity index is 628. The van der Waals surface area contributed by atoms with Gasteiger partial charge < -0.3 is 10.1 Å². The van der Waals surface area contributed by atoms with Gasteiger partial charge in [0.15, 0.2) is 0 Å². The van der Waals surface area contributed by atoms with Gasteiger partial charge in [-0.05, 0) is 19.4 Å². The van der Waals surface area contributed by atoms with E-state index in [0.717, 1.165) is 11.4 Å². The highest BCUT2D eigenvalue weighted by atomic mass is 32.1. The Kier molecular flexibility index (Phi) is 5.41. The molecular weight excluding hydrogens is 291 g/mol. The molecule has 112 valence electrons. The van der Waals surface area contributed by atoms with E-state index < -0.39 is 0 Å². The Morgan fingerprint density at radius 2 is 2.19 bits per heavy atom. The quantitative estimate of drug-likeness (QED) is 0.835. The second-order valence-corrected chi connectivity index (χ2v) is 5.70. The van der Waals surface area contributed by atoms with E-state index in [2.05, 4.69) is 10.3 Å². The molecule has 0 spiro atoms. The zero-order valence-electron chi connectivity index (χ0n) is 12.0. The number of benzene rings is 1. The summed E-state index contributed by atoms with van der Waals surface area (Å²) in [5.41, 5.74) is 0.685. The van der Waals surface area contributed by atoms with Crippen LogP contribution in [0.5, 0.6) is 0 Å². The smallest absolute Gasteiger partial charge is 0.271 e. The Morgan fingerprint density at radius 1 is 1.43 bits per heavy atom. The third-order valence-corrected chi connectivity index (χ3v) is 3.88. The van der Waals surface area contributed by atoms with E-state index in [9.17, 15) is 9.18 Å². The van der Waals surface area contributed by atoms with Crippen molar-refractivity contribution in [2.75, 3.05) is 20.3 Å². The fourth-order valence-electron chi connectivity index (χ4n) is 1.91. The average molecular weight is 308 g/mol. The number of aryl methyl sites for hydroxylation is 1. The molecule has 6 heteroatoms. The first-order valence-corrected chi connectivity index (χ1v) is 7.44. The Hall–Kier alpha value is -1.79. The SMILES string of the molecule is COCCCNC(=O)c1nc(C)sc1-c1ccccc1F. The van der Waals surface area contributed by atoms with Crippen LogP contribution in [0.4, 0.5) is 4.39 Å². The second-order valence-electron chi connectivity index (χ2n) is 4.49. The van der Waals surface area contributed by atoms with Crippen molar-refractivity contribution in [3.8, 4) is 10.4 Å². The summed E-state index contributed by atoms with van der Waals surface area (Å²) in [5, 5.41) is 3.51. The summed E-state index contributed by atoms with van der Waals surface area (Å²) in [6.07, 6.45) is 0.723. The van der Waals surface area contributed by atoms with Crippen molar-refractivity contribution in [2.24, 2.45) is 0 Å². The van der Waals surface area contributed by atoms with Crippen LogP contribution in [-0.2, 0) is 4.74 Å². The number of aromatic nitrogens is 1. The molecule has 1 N–H and O–H groups in total. The van der Waals surface area contributed by atoms with Gasteiger partial charge in [0.2, 0.25) is 0 Å². The first-order chi connectivity index (χ1) is 10.1. The molecule has 0 atom stereocenters. The van der Waals surface area contributed by atoms with Gasteiger partial charge in [-0.15, -0.1) is 11.3 Å². The summed E-state index contributed by atoms with van der Waals surface area (Å²) in [5.74, 6) is -0.636. The fourth-order valence-corrected chi connectivity index (χ4v) is 2.85. The van der Waals surface area contributed by atoms with Crippen LogP contribution in [0.25, 0.3) is 10.4 Å². The molecule has 1 heterocycles. The van der Waals surface area contributed by atoms with Gasteiger partial charge in [-0.3, -0.25) is 4.79 Å². The van der Waals surface area contributed by atoms with Gasteiger partial charge in [0.05, 0.1) is 9.88 Å². The summed E-state index contributed by atoms with van der Waals surface area (Å²) >= 11 is 1.32. The molecule has 0 bridgehead atoms. The van der Waals surface area contributed by atoms with Crippen molar-refractivity contribution >= 4 is 17.2 Å². The summed E-state index contributed by atoms with van der Waals surface area (Å²) in [7, 11) is 1.61. The normalized spacial score (nSPS) is 10.6. The Balaban J connectivity index is 2.21. The summed E-state index contributed by atoms with van der Waals surface area (Å²) < 4.78 is 18.8. The molecule has 4 nitrogen and oxygen atoms in total. The van der Waals surface area contributed by atoms with Crippen molar-refractivity contribution in [1.29, 1.82) is 0 Å². The molecule has 2 aromatic rings. The molecule has 1 aromatic heterocycles. The molecule has 2 rings (SSSR count). The lowest BCUT2D eigenvalue weighted by molar-refractivity contribution is 0.0945. The lowest BCUT2D eigenvalue weighted by Crippen LogP contribution is -2.26. The largest absolute Gasteiger partial charge is 0.385 e. The maximum absolute atomic E-state index is 13.9. The minimum atomic E-state index is -0.352. The third kappa shape index (κ3) is 3.86. The van der Waals surface area contributed by atoms with Crippen LogP contribution >= 0.6 is 11.3 Å². The van der Waals surface area contributed by atoms with Gasteiger partial charge in [-0.1, -0.05) is 18.2 Å². The topological polar surface area (TPSA) is 51.2 Å². The highest BCUT2D eigenvalue weighted by molar-refractivity contribution is 7.15. The predicted molar refractivity (Wildman–Crippen MR) is 81.1 cm³/mol. The molecule has 0 unspecified atom stereocenters. The third-order valence-electron chi connectivity index (χ3n) is 2.88. The van der Waals surface area contributed by atoms with Crippen LogP contribution < -0.4 is 5.32 Å². The number of hydrogen-bond acceptors (Lipinski definition) is 4. The van der Waals surface area contributed by atoms with Crippen LogP contribution in [0.2, 0.25) is 0 Å². The van der Waals surface area contributed by atoms with Gasteiger partial charge in [-0.2, -0.15) is 0 Å². The maximum atomic E-state index is 13.9. The van der Waals surface area contributed by atoms with Crippen molar-refractivity contribution in [2.45, 2.75) is 13.3 Å². The van der Waals surface area contributed by atoms with Crippen molar-refractivity contribution < 1.29 is 13.9 Å². The van der Waals surface area contributed by atoms with Crippen molar-refractivity contribution in [3.05, 3.63) is 40.8 Å². The number of rotatable bonds is 6. The first kappa shape index (κ1) is 15.6. The van der Waals surface area contributed by atoms with Crippen LogP contribution in [0.15, 0.2) is 24.3 Å². The van der Waals surface area contributed by atoms with E-state index in [1.807, 2.05) is 0 Å². The lowest BCUT2D eigenvalue weighted by atomic mass is 10.1. The molecule has 21 heavy (non-hydrogen) atoms. The molecule has 0 saturated heterocycles. The number of halogens is 1. The number of ether oxygens (including phenoxy) is 1. The number of thiazole rings is 1. The van der Waals surface area contributed by atoms with Crippen LogP contribution in [0, 0.1) is 12.7 Å². The van der Waals surface area contributed by atoms with E-state index >= 15 is 0 Å². The molecular formula is C15H17FN2O2S. The van der Waals surface area contributed by atoms with E-state index in [-0.39, 0.29) is 17.4 Å². The van der Waals surface area contributed by atoms with E-state index in [4.69, 9.17) is 4.74 Å². The monoisotopic (exact) mass is 308 g/mol. The second kappa shape index (κ2) is 7.28. The predicted octanol–water partition coefficient (Wildman–Crippen LogP) is 3.02. The lowest BCUT2D eigenvalue weighted by Gasteiger charge is -2.05. The summed E-state index contributed by atoms with van der Waals surface area (Å²) in [4.78, 5) is 17.0. The highest BCUT2D eigenvalue weighted by Gasteiger charge is 2.19. The van der Waals surface area contributed by atoms with Crippen LogP contribution in [0.1, 0.15) is 21.9 Å². The minimum absolute atomic E-state index is 0.278. The number of hydrogen-bond donors (Lipinski definition) is 1. The van der Waals surface area contributed by atoms with Gasteiger partial charge in [-0.25, -0.2) is 9.37 Å². The number of carbonyl (C=O) groups is 1. The molecule has 0 radical (unpaired) electrons. The maximum Gasteiger partial charge on any atom is 0.271 e. The number of nitrogens with zero attached hydrogens (tertiary/aromatic N) is 1. The molecule has 0 fully saturated rings. The Labute approximate surface area is 127 Å². The molecule has 0 saturated carbocycles. The molecule has 1 amide bonds.